The lowest BCUT2D eigenvalue weighted by atomic mass is 10.3. The quantitative estimate of drug-likeness (QED) is 0.838. The van der Waals surface area contributed by atoms with E-state index < -0.39 is 15.8 Å². The maximum Gasteiger partial charge on any atom is 0.244 e. The van der Waals surface area contributed by atoms with Gasteiger partial charge in [0.05, 0.1) is 17.1 Å². The molecule has 2 aromatic rings. The normalized spacial score (nSPS) is 12.1. The van der Waals surface area contributed by atoms with Gasteiger partial charge in [0.25, 0.3) is 0 Å². The first-order valence-electron chi connectivity index (χ1n) is 5.64. The zero-order chi connectivity index (χ0) is 14.9. The molecule has 0 aliphatic rings. The summed E-state index contributed by atoms with van der Waals surface area (Å²) >= 11 is 3.06. The lowest BCUT2D eigenvalue weighted by Gasteiger charge is -2.16. The number of hydrogen-bond acceptors (Lipinski definition) is 4. The van der Waals surface area contributed by atoms with E-state index in [1.165, 1.54) is 13.1 Å². The van der Waals surface area contributed by atoms with E-state index in [2.05, 4.69) is 21.1 Å². The number of hydrogen-bond donors (Lipinski definition) is 0. The summed E-state index contributed by atoms with van der Waals surface area (Å²) in [6.45, 7) is 1.80. The molecule has 0 N–H and O–H groups in total. The highest BCUT2D eigenvalue weighted by Gasteiger charge is 2.24. The Kier molecular flexibility index (Phi) is 4.26. The van der Waals surface area contributed by atoms with E-state index in [4.69, 9.17) is 4.52 Å². The zero-order valence-electron chi connectivity index (χ0n) is 10.8. The predicted octanol–water partition coefficient (Wildman–Crippen LogP) is 2.71. The fourth-order valence-corrected chi connectivity index (χ4v) is 3.81. The molecular weight excluding hydrogens is 351 g/mol. The van der Waals surface area contributed by atoms with E-state index in [-0.39, 0.29) is 15.9 Å². The molecule has 0 amide bonds. The third kappa shape index (κ3) is 3.08. The molecular formula is C12H12BrFN2O3S. The summed E-state index contributed by atoms with van der Waals surface area (Å²) in [4.78, 5) is 0.00150. The van der Waals surface area contributed by atoms with Crippen LogP contribution in [-0.4, -0.2) is 24.9 Å². The average molecular weight is 363 g/mol. The van der Waals surface area contributed by atoms with Gasteiger partial charge in [-0.05, 0) is 41.1 Å². The van der Waals surface area contributed by atoms with Crippen LogP contribution in [0.5, 0.6) is 0 Å². The van der Waals surface area contributed by atoms with Crippen molar-refractivity contribution in [1.29, 1.82) is 0 Å². The van der Waals surface area contributed by atoms with Crippen LogP contribution in [0.25, 0.3) is 0 Å². The molecule has 2 rings (SSSR count). The summed E-state index contributed by atoms with van der Waals surface area (Å²) in [7, 11) is -2.31. The standard InChI is InChI=1S/C12H12BrFN2O3S/c1-8-5-10(15-19-8)7-16(2)20(17,18)12-4-3-9(14)6-11(12)13/h3-6H,7H2,1-2H3. The van der Waals surface area contributed by atoms with Gasteiger partial charge >= 0.3 is 0 Å². The van der Waals surface area contributed by atoms with E-state index in [0.29, 0.717) is 11.5 Å². The monoisotopic (exact) mass is 362 g/mol. The third-order valence-electron chi connectivity index (χ3n) is 2.64. The van der Waals surface area contributed by atoms with E-state index in [0.717, 1.165) is 16.4 Å². The van der Waals surface area contributed by atoms with Crippen LogP contribution >= 0.6 is 15.9 Å². The molecule has 0 spiro atoms. The van der Waals surface area contributed by atoms with Crippen LogP contribution in [-0.2, 0) is 16.6 Å². The molecule has 0 atom stereocenters. The summed E-state index contributed by atoms with van der Waals surface area (Å²) < 4.78 is 44.0. The number of aromatic nitrogens is 1. The molecule has 5 nitrogen and oxygen atoms in total. The fourth-order valence-electron chi connectivity index (χ4n) is 1.66. The van der Waals surface area contributed by atoms with Crippen LogP contribution < -0.4 is 0 Å². The van der Waals surface area contributed by atoms with Crippen molar-refractivity contribution in [1.82, 2.24) is 9.46 Å². The molecule has 1 aromatic carbocycles. The van der Waals surface area contributed by atoms with Crippen LogP contribution in [0.1, 0.15) is 11.5 Å². The Hall–Kier alpha value is -1.25. The Morgan fingerprint density at radius 2 is 2.10 bits per heavy atom. The molecule has 0 bridgehead atoms. The van der Waals surface area contributed by atoms with Gasteiger partial charge in [-0.25, -0.2) is 12.8 Å². The second-order valence-corrected chi connectivity index (χ2v) is 7.13. The molecule has 8 heteroatoms. The van der Waals surface area contributed by atoms with Gasteiger partial charge in [0.2, 0.25) is 10.0 Å². The molecule has 1 heterocycles. The first-order valence-corrected chi connectivity index (χ1v) is 7.87. The number of benzene rings is 1. The zero-order valence-corrected chi connectivity index (χ0v) is 13.2. The maximum absolute atomic E-state index is 13.0. The molecule has 0 saturated carbocycles. The van der Waals surface area contributed by atoms with Crippen molar-refractivity contribution < 1.29 is 17.3 Å². The lowest BCUT2D eigenvalue weighted by molar-refractivity contribution is 0.378. The van der Waals surface area contributed by atoms with Gasteiger partial charge in [-0.15, -0.1) is 0 Å². The van der Waals surface area contributed by atoms with Crippen LogP contribution in [0.4, 0.5) is 4.39 Å². The third-order valence-corrected chi connectivity index (χ3v) is 5.42. The lowest BCUT2D eigenvalue weighted by Crippen LogP contribution is -2.27. The topological polar surface area (TPSA) is 63.4 Å². The van der Waals surface area contributed by atoms with Crippen molar-refractivity contribution in [2.24, 2.45) is 0 Å². The van der Waals surface area contributed by atoms with Gasteiger partial charge in [-0.1, -0.05) is 5.16 Å². The summed E-state index contributed by atoms with van der Waals surface area (Å²) in [5.74, 6) is 0.0966. The van der Waals surface area contributed by atoms with Crippen molar-refractivity contribution in [2.75, 3.05) is 7.05 Å². The Morgan fingerprint density at radius 1 is 1.40 bits per heavy atom. The van der Waals surface area contributed by atoms with Crippen molar-refractivity contribution in [3.8, 4) is 0 Å². The van der Waals surface area contributed by atoms with Crippen LogP contribution in [0.3, 0.4) is 0 Å². The molecule has 108 valence electrons. The predicted molar refractivity (Wildman–Crippen MR) is 74.0 cm³/mol. The highest BCUT2D eigenvalue weighted by molar-refractivity contribution is 9.10. The smallest absolute Gasteiger partial charge is 0.244 e. The minimum absolute atomic E-state index is 0.00150. The highest BCUT2D eigenvalue weighted by Crippen LogP contribution is 2.26. The van der Waals surface area contributed by atoms with E-state index in [9.17, 15) is 12.8 Å². The van der Waals surface area contributed by atoms with Gasteiger partial charge in [-0.2, -0.15) is 4.31 Å². The number of sulfonamides is 1. The van der Waals surface area contributed by atoms with Crippen molar-refractivity contribution >= 4 is 26.0 Å². The highest BCUT2D eigenvalue weighted by atomic mass is 79.9. The van der Waals surface area contributed by atoms with Gasteiger partial charge in [-0.3, -0.25) is 0 Å². The molecule has 20 heavy (non-hydrogen) atoms. The molecule has 1 aromatic heterocycles. The van der Waals surface area contributed by atoms with E-state index >= 15 is 0 Å². The molecule has 0 aliphatic heterocycles. The first kappa shape index (κ1) is 15.1. The second kappa shape index (κ2) is 5.63. The van der Waals surface area contributed by atoms with E-state index in [1.54, 1.807) is 13.0 Å². The summed E-state index contributed by atoms with van der Waals surface area (Å²) in [5, 5.41) is 3.75. The van der Waals surface area contributed by atoms with E-state index in [1.807, 2.05) is 0 Å². The van der Waals surface area contributed by atoms with Gasteiger partial charge in [0, 0.05) is 17.6 Å². The number of aryl methyl sites for hydroxylation is 1. The molecule has 0 saturated heterocycles. The summed E-state index contributed by atoms with van der Waals surface area (Å²) in [5.41, 5.74) is 0.506. The largest absolute Gasteiger partial charge is 0.361 e. The number of halogens is 2. The van der Waals surface area contributed by atoms with Gasteiger partial charge < -0.3 is 4.52 Å². The Labute approximate surface area is 124 Å². The second-order valence-electron chi connectivity index (χ2n) is 4.26. The average Bonchev–Trinajstić information content (AvgIpc) is 2.74. The molecule has 0 aliphatic carbocycles. The minimum Gasteiger partial charge on any atom is -0.361 e. The fraction of sp³-hybridized carbons (Fsp3) is 0.250. The minimum atomic E-state index is -3.74. The van der Waals surface area contributed by atoms with Crippen LogP contribution in [0, 0.1) is 12.7 Å². The van der Waals surface area contributed by atoms with Gasteiger partial charge in [0.1, 0.15) is 11.6 Å². The number of nitrogens with zero attached hydrogens (tertiary/aromatic N) is 2. The Morgan fingerprint density at radius 3 is 2.65 bits per heavy atom. The van der Waals surface area contributed by atoms with Crippen molar-refractivity contribution in [3.05, 3.63) is 46.0 Å². The molecule has 0 fully saturated rings. The van der Waals surface area contributed by atoms with Crippen molar-refractivity contribution in [2.45, 2.75) is 18.4 Å². The Bertz CT molecular complexity index is 730. The summed E-state index contributed by atoms with van der Waals surface area (Å²) in [6.07, 6.45) is 0. The molecule has 0 radical (unpaired) electrons. The first-order chi connectivity index (χ1) is 9.30. The Balaban J connectivity index is 2.29. The van der Waals surface area contributed by atoms with Gasteiger partial charge in [0.15, 0.2) is 0 Å². The van der Waals surface area contributed by atoms with Crippen molar-refractivity contribution in [3.63, 3.8) is 0 Å². The maximum atomic E-state index is 13.0. The molecule has 0 unspecified atom stereocenters. The summed E-state index contributed by atoms with van der Waals surface area (Å²) in [6, 6.07) is 5.09. The van der Waals surface area contributed by atoms with Crippen LogP contribution in [0.2, 0.25) is 0 Å². The van der Waals surface area contributed by atoms with Crippen LogP contribution in [0.15, 0.2) is 38.2 Å². The SMILES string of the molecule is Cc1cc(CN(C)S(=O)(=O)c2ccc(F)cc2Br)no1. The number of rotatable bonds is 4.